The number of hydrogen-bond donors (Lipinski definition) is 1. The fourth-order valence-electron chi connectivity index (χ4n) is 2.33. The van der Waals surface area contributed by atoms with Gasteiger partial charge >= 0.3 is 0 Å². The van der Waals surface area contributed by atoms with Crippen molar-refractivity contribution in [2.45, 2.75) is 38.7 Å². The van der Waals surface area contributed by atoms with Gasteiger partial charge in [-0.05, 0) is 37.1 Å². The number of thioether (sulfide) groups is 1. The van der Waals surface area contributed by atoms with Crippen molar-refractivity contribution >= 4 is 17.4 Å². The molecule has 1 aliphatic rings. The number of hydrogen-bond acceptors (Lipinski definition) is 3. The lowest BCUT2D eigenvalue weighted by Gasteiger charge is -2.39. The Morgan fingerprint density at radius 2 is 2.18 bits per heavy atom. The molecule has 94 valence electrons. The number of nitrogens with zero attached hydrogens (tertiary/aromatic N) is 1. The van der Waals surface area contributed by atoms with Crippen molar-refractivity contribution in [1.29, 1.82) is 0 Å². The van der Waals surface area contributed by atoms with Crippen LogP contribution in [0.15, 0.2) is 18.2 Å². The molecular formula is C14H21NOS. The molecule has 0 bridgehead atoms. The lowest BCUT2D eigenvalue weighted by molar-refractivity contribution is 0.281. The standard InChI is InChI=1S/C14H21NOS/c1-10-8-14(5-4-13(10)9-16)15-6-7-17-12(3)11(15)2/h4-5,8,11-12,16H,6-7,9H2,1-3H3. The predicted octanol–water partition coefficient (Wildman–Crippen LogP) is 2.82. The van der Waals surface area contributed by atoms with Crippen LogP contribution in [-0.4, -0.2) is 28.7 Å². The van der Waals surface area contributed by atoms with Gasteiger partial charge in [0.15, 0.2) is 0 Å². The average molecular weight is 251 g/mol. The molecule has 1 heterocycles. The Morgan fingerprint density at radius 1 is 1.41 bits per heavy atom. The van der Waals surface area contributed by atoms with Crippen LogP contribution in [0.2, 0.25) is 0 Å². The highest BCUT2D eigenvalue weighted by Gasteiger charge is 2.25. The van der Waals surface area contributed by atoms with Gasteiger partial charge in [0.25, 0.3) is 0 Å². The predicted molar refractivity (Wildman–Crippen MR) is 75.8 cm³/mol. The molecule has 1 aromatic carbocycles. The van der Waals surface area contributed by atoms with Crippen molar-refractivity contribution in [3.63, 3.8) is 0 Å². The molecule has 2 atom stereocenters. The molecule has 0 saturated carbocycles. The van der Waals surface area contributed by atoms with Crippen molar-refractivity contribution in [1.82, 2.24) is 0 Å². The topological polar surface area (TPSA) is 23.5 Å². The normalized spacial score (nSPS) is 25.1. The molecule has 1 N–H and O–H groups in total. The Labute approximate surface area is 108 Å². The van der Waals surface area contributed by atoms with Crippen LogP contribution < -0.4 is 4.90 Å². The quantitative estimate of drug-likeness (QED) is 0.874. The van der Waals surface area contributed by atoms with E-state index in [4.69, 9.17) is 0 Å². The summed E-state index contributed by atoms with van der Waals surface area (Å²) in [7, 11) is 0. The maximum absolute atomic E-state index is 9.20. The number of rotatable bonds is 2. The molecule has 1 aliphatic heterocycles. The van der Waals surface area contributed by atoms with E-state index in [9.17, 15) is 5.11 Å². The van der Waals surface area contributed by atoms with Gasteiger partial charge in [-0.3, -0.25) is 0 Å². The van der Waals surface area contributed by atoms with Crippen molar-refractivity contribution < 1.29 is 5.11 Å². The minimum atomic E-state index is 0.133. The minimum Gasteiger partial charge on any atom is -0.392 e. The van der Waals surface area contributed by atoms with Crippen LogP contribution in [0.25, 0.3) is 0 Å². The Bertz CT molecular complexity index is 394. The van der Waals surface area contributed by atoms with E-state index in [1.54, 1.807) is 0 Å². The van der Waals surface area contributed by atoms with Crippen molar-refractivity contribution in [2.75, 3.05) is 17.2 Å². The first-order chi connectivity index (χ1) is 8.13. The average Bonchev–Trinajstić information content (AvgIpc) is 2.32. The van der Waals surface area contributed by atoms with Crippen molar-refractivity contribution in [3.05, 3.63) is 29.3 Å². The molecule has 0 spiro atoms. The zero-order chi connectivity index (χ0) is 12.4. The highest BCUT2D eigenvalue weighted by molar-refractivity contribution is 8.00. The molecule has 2 unspecified atom stereocenters. The molecule has 2 rings (SSSR count). The summed E-state index contributed by atoms with van der Waals surface area (Å²) >= 11 is 2.05. The lowest BCUT2D eigenvalue weighted by Crippen LogP contribution is -2.44. The fourth-order valence-corrected chi connectivity index (χ4v) is 3.43. The second kappa shape index (κ2) is 5.32. The van der Waals surface area contributed by atoms with E-state index in [2.05, 4.69) is 49.6 Å². The molecule has 0 aliphatic carbocycles. The third-order valence-corrected chi connectivity index (χ3v) is 5.05. The summed E-state index contributed by atoms with van der Waals surface area (Å²) in [5.41, 5.74) is 3.50. The van der Waals surface area contributed by atoms with E-state index in [1.165, 1.54) is 17.0 Å². The zero-order valence-corrected chi connectivity index (χ0v) is 11.6. The first kappa shape index (κ1) is 12.8. The van der Waals surface area contributed by atoms with E-state index in [-0.39, 0.29) is 6.61 Å². The van der Waals surface area contributed by atoms with Crippen LogP contribution in [0.5, 0.6) is 0 Å². The number of anilines is 1. The van der Waals surface area contributed by atoms with Crippen LogP contribution >= 0.6 is 11.8 Å². The number of aryl methyl sites for hydroxylation is 1. The summed E-state index contributed by atoms with van der Waals surface area (Å²) in [6.07, 6.45) is 0. The Morgan fingerprint density at radius 3 is 2.82 bits per heavy atom. The smallest absolute Gasteiger partial charge is 0.0684 e. The Kier molecular flexibility index (Phi) is 4.00. The summed E-state index contributed by atoms with van der Waals surface area (Å²) in [6, 6.07) is 6.96. The highest BCUT2D eigenvalue weighted by atomic mass is 32.2. The fraction of sp³-hybridized carbons (Fsp3) is 0.571. The highest BCUT2D eigenvalue weighted by Crippen LogP contribution is 2.30. The van der Waals surface area contributed by atoms with Gasteiger partial charge in [0, 0.05) is 29.3 Å². The Balaban J connectivity index is 2.24. The van der Waals surface area contributed by atoms with Crippen molar-refractivity contribution in [3.8, 4) is 0 Å². The summed E-state index contributed by atoms with van der Waals surface area (Å²) in [6.45, 7) is 7.92. The van der Waals surface area contributed by atoms with E-state index in [0.717, 1.165) is 12.1 Å². The van der Waals surface area contributed by atoms with Crippen LogP contribution in [-0.2, 0) is 6.61 Å². The summed E-state index contributed by atoms with van der Waals surface area (Å²) < 4.78 is 0. The number of aliphatic hydroxyl groups is 1. The molecule has 3 heteroatoms. The van der Waals surface area contributed by atoms with E-state index in [0.29, 0.717) is 11.3 Å². The lowest BCUT2D eigenvalue weighted by atomic mass is 10.1. The van der Waals surface area contributed by atoms with Crippen LogP contribution in [0.1, 0.15) is 25.0 Å². The van der Waals surface area contributed by atoms with E-state index < -0.39 is 0 Å². The first-order valence-electron chi connectivity index (χ1n) is 6.22. The van der Waals surface area contributed by atoms with E-state index >= 15 is 0 Å². The minimum absolute atomic E-state index is 0.133. The monoisotopic (exact) mass is 251 g/mol. The third-order valence-electron chi connectivity index (χ3n) is 3.71. The maximum Gasteiger partial charge on any atom is 0.0684 e. The van der Waals surface area contributed by atoms with Gasteiger partial charge in [0.05, 0.1) is 6.61 Å². The number of aliphatic hydroxyl groups excluding tert-OH is 1. The second-order valence-electron chi connectivity index (χ2n) is 4.78. The summed E-state index contributed by atoms with van der Waals surface area (Å²) in [4.78, 5) is 2.48. The molecule has 2 nitrogen and oxygen atoms in total. The SMILES string of the molecule is Cc1cc(N2CCSC(C)C2C)ccc1CO. The maximum atomic E-state index is 9.20. The third kappa shape index (κ3) is 2.61. The zero-order valence-electron chi connectivity index (χ0n) is 10.8. The van der Waals surface area contributed by atoms with Gasteiger partial charge in [-0.25, -0.2) is 0 Å². The van der Waals surface area contributed by atoms with Crippen LogP contribution in [0, 0.1) is 6.92 Å². The van der Waals surface area contributed by atoms with Gasteiger partial charge in [0.1, 0.15) is 0 Å². The van der Waals surface area contributed by atoms with Gasteiger partial charge in [-0.15, -0.1) is 0 Å². The van der Waals surface area contributed by atoms with E-state index in [1.807, 2.05) is 6.07 Å². The van der Waals surface area contributed by atoms with Crippen molar-refractivity contribution in [2.24, 2.45) is 0 Å². The Hall–Kier alpha value is -0.670. The summed E-state index contributed by atoms with van der Waals surface area (Å²) in [5.74, 6) is 1.20. The second-order valence-corrected chi connectivity index (χ2v) is 6.26. The van der Waals surface area contributed by atoms with Crippen LogP contribution in [0.3, 0.4) is 0 Å². The van der Waals surface area contributed by atoms with Gasteiger partial charge < -0.3 is 10.0 Å². The molecule has 0 amide bonds. The van der Waals surface area contributed by atoms with Gasteiger partial charge in [-0.1, -0.05) is 13.0 Å². The van der Waals surface area contributed by atoms with Gasteiger partial charge in [0.2, 0.25) is 0 Å². The molecule has 1 saturated heterocycles. The molecule has 1 aromatic rings. The molecule has 17 heavy (non-hydrogen) atoms. The largest absolute Gasteiger partial charge is 0.392 e. The molecule has 0 aromatic heterocycles. The summed E-state index contributed by atoms with van der Waals surface area (Å²) in [5, 5.41) is 9.88. The molecule has 1 fully saturated rings. The number of benzene rings is 1. The molecular weight excluding hydrogens is 230 g/mol. The van der Waals surface area contributed by atoms with Crippen LogP contribution in [0.4, 0.5) is 5.69 Å². The molecule has 0 radical (unpaired) electrons. The first-order valence-corrected chi connectivity index (χ1v) is 7.27. The van der Waals surface area contributed by atoms with Gasteiger partial charge in [-0.2, -0.15) is 11.8 Å².